The van der Waals surface area contributed by atoms with Gasteiger partial charge in [0.25, 0.3) is 0 Å². The zero-order valence-corrected chi connectivity index (χ0v) is 30.0. The quantitative estimate of drug-likeness (QED) is 0.179. The van der Waals surface area contributed by atoms with Crippen LogP contribution in [0.15, 0.2) is 176 Å². The number of hydrogen-bond acceptors (Lipinski definition) is 2. The van der Waals surface area contributed by atoms with Crippen molar-refractivity contribution in [2.75, 3.05) is 0 Å². The third-order valence-electron chi connectivity index (χ3n) is 10.8. The molecule has 4 nitrogen and oxygen atoms in total. The van der Waals surface area contributed by atoms with Gasteiger partial charge in [0.1, 0.15) is 6.07 Å². The second kappa shape index (κ2) is 12.8. The summed E-state index contributed by atoms with van der Waals surface area (Å²) in [6.45, 7) is 2.03. The lowest BCUT2D eigenvalue weighted by Gasteiger charge is -2.19. The van der Waals surface area contributed by atoms with Crippen LogP contribution in [0.3, 0.4) is 0 Å². The summed E-state index contributed by atoms with van der Waals surface area (Å²) in [6, 6.07) is 66.2. The molecular formula is C51H32N4. The Labute approximate surface area is 318 Å². The van der Waals surface area contributed by atoms with E-state index in [1.54, 1.807) is 0 Å². The summed E-state index contributed by atoms with van der Waals surface area (Å²) < 4.78 is 4.51. The molecular weight excluding hydrogens is 669 g/mol. The molecule has 10 rings (SSSR count). The monoisotopic (exact) mass is 700 g/mol. The smallest absolute Gasteiger partial charge is 0.101 e. The minimum atomic E-state index is 0.550. The van der Waals surface area contributed by atoms with Crippen LogP contribution >= 0.6 is 0 Å². The molecule has 0 N–H and O–H groups in total. The van der Waals surface area contributed by atoms with Crippen LogP contribution in [0, 0.1) is 29.6 Å². The van der Waals surface area contributed by atoms with Crippen LogP contribution in [0.5, 0.6) is 0 Å². The van der Waals surface area contributed by atoms with Gasteiger partial charge in [-0.2, -0.15) is 10.5 Å². The van der Waals surface area contributed by atoms with Crippen molar-refractivity contribution < 1.29 is 0 Å². The van der Waals surface area contributed by atoms with Crippen molar-refractivity contribution >= 4 is 43.6 Å². The highest BCUT2D eigenvalue weighted by Crippen LogP contribution is 2.42. The Morgan fingerprint density at radius 3 is 1.44 bits per heavy atom. The molecule has 0 atom stereocenters. The Bertz CT molecular complexity index is 3220. The van der Waals surface area contributed by atoms with Crippen molar-refractivity contribution in [2.45, 2.75) is 6.92 Å². The molecule has 10 aromatic rings. The molecule has 0 bridgehead atoms. The lowest BCUT2D eigenvalue weighted by atomic mass is 9.96. The number of rotatable bonds is 5. The summed E-state index contributed by atoms with van der Waals surface area (Å²) >= 11 is 0. The second-order valence-electron chi connectivity index (χ2n) is 14.1. The molecule has 2 aromatic heterocycles. The van der Waals surface area contributed by atoms with E-state index in [9.17, 15) is 10.5 Å². The van der Waals surface area contributed by atoms with E-state index < -0.39 is 0 Å². The van der Waals surface area contributed by atoms with Crippen molar-refractivity contribution in [3.63, 3.8) is 0 Å². The van der Waals surface area contributed by atoms with Crippen molar-refractivity contribution in [2.24, 2.45) is 0 Å². The molecule has 55 heavy (non-hydrogen) atoms. The fraction of sp³-hybridized carbons (Fsp3) is 0.0196. The summed E-state index contributed by atoms with van der Waals surface area (Å²) in [5, 5.41) is 25.6. The van der Waals surface area contributed by atoms with Crippen molar-refractivity contribution in [3.8, 4) is 56.9 Å². The average molecular weight is 701 g/mol. The van der Waals surface area contributed by atoms with Crippen LogP contribution in [-0.4, -0.2) is 9.13 Å². The lowest BCUT2D eigenvalue weighted by molar-refractivity contribution is 1.13. The average Bonchev–Trinajstić information content (AvgIpc) is 3.75. The third kappa shape index (κ3) is 5.20. The molecule has 0 saturated carbocycles. The number of aromatic nitrogens is 2. The van der Waals surface area contributed by atoms with Gasteiger partial charge in [-0.1, -0.05) is 115 Å². The Kier molecular flexibility index (Phi) is 7.44. The van der Waals surface area contributed by atoms with Gasteiger partial charge in [0.2, 0.25) is 0 Å². The van der Waals surface area contributed by atoms with E-state index >= 15 is 0 Å². The van der Waals surface area contributed by atoms with E-state index in [0.29, 0.717) is 11.1 Å². The summed E-state index contributed by atoms with van der Waals surface area (Å²) in [4.78, 5) is 0. The van der Waals surface area contributed by atoms with Crippen LogP contribution < -0.4 is 0 Å². The zero-order chi connectivity index (χ0) is 37.0. The Morgan fingerprint density at radius 1 is 0.382 bits per heavy atom. The van der Waals surface area contributed by atoms with Gasteiger partial charge < -0.3 is 9.13 Å². The fourth-order valence-electron chi connectivity index (χ4n) is 8.36. The maximum absolute atomic E-state index is 11.0. The van der Waals surface area contributed by atoms with E-state index in [0.717, 1.165) is 93.9 Å². The second-order valence-corrected chi connectivity index (χ2v) is 14.1. The van der Waals surface area contributed by atoms with E-state index in [1.165, 1.54) is 0 Å². The number of fused-ring (bicyclic) bond motifs is 6. The maximum Gasteiger partial charge on any atom is 0.101 e. The van der Waals surface area contributed by atoms with Gasteiger partial charge in [-0.3, -0.25) is 0 Å². The third-order valence-corrected chi connectivity index (χ3v) is 10.8. The molecule has 0 aliphatic rings. The zero-order valence-electron chi connectivity index (χ0n) is 30.0. The first-order chi connectivity index (χ1) is 27.1. The fourth-order valence-corrected chi connectivity index (χ4v) is 8.36. The largest absolute Gasteiger partial charge is 0.309 e. The number of nitrogens with zero attached hydrogens (tertiary/aromatic N) is 4. The lowest BCUT2D eigenvalue weighted by Crippen LogP contribution is -2.04. The van der Waals surface area contributed by atoms with E-state index in [1.807, 2.05) is 37.3 Å². The van der Waals surface area contributed by atoms with Crippen molar-refractivity contribution in [1.29, 1.82) is 10.5 Å². The van der Waals surface area contributed by atoms with Crippen molar-refractivity contribution in [3.05, 3.63) is 193 Å². The summed E-state index contributed by atoms with van der Waals surface area (Å²) in [6.07, 6.45) is 0. The topological polar surface area (TPSA) is 57.4 Å². The molecule has 0 aliphatic carbocycles. The molecule has 0 amide bonds. The minimum Gasteiger partial charge on any atom is -0.309 e. The number of benzene rings is 8. The number of nitriles is 2. The molecule has 0 spiro atoms. The van der Waals surface area contributed by atoms with Crippen LogP contribution in [0.4, 0.5) is 0 Å². The summed E-state index contributed by atoms with van der Waals surface area (Å²) in [5.74, 6) is 0. The van der Waals surface area contributed by atoms with Gasteiger partial charge in [0, 0.05) is 27.1 Å². The standard InChI is InChI=1S/C51H32N4/c1-33-24-34(31-52)26-39(25-33)43-30-50(54-46-18-10-8-16-41(46)44-27-37(20-22-48(44)54)35-12-4-2-5-13-35)40(32-53)29-51(43)55-47-19-11-9-17-42(47)45-28-38(21-23-49(45)55)36-14-6-3-7-15-36/h2-30H,1H3. The summed E-state index contributed by atoms with van der Waals surface area (Å²) in [7, 11) is 0. The molecule has 0 saturated heterocycles. The predicted octanol–water partition coefficient (Wildman–Crippen LogP) is 12.9. The normalized spacial score (nSPS) is 11.3. The van der Waals surface area contributed by atoms with E-state index in [4.69, 9.17) is 0 Å². The highest BCUT2D eigenvalue weighted by Gasteiger charge is 2.22. The molecule has 0 radical (unpaired) electrons. The molecule has 0 unspecified atom stereocenters. The van der Waals surface area contributed by atoms with Crippen LogP contribution in [0.25, 0.3) is 88.4 Å². The van der Waals surface area contributed by atoms with Gasteiger partial charge >= 0.3 is 0 Å². The van der Waals surface area contributed by atoms with Gasteiger partial charge in [0.15, 0.2) is 0 Å². The van der Waals surface area contributed by atoms with E-state index in [-0.39, 0.29) is 0 Å². The predicted molar refractivity (Wildman–Crippen MR) is 226 cm³/mol. The molecule has 2 heterocycles. The first kappa shape index (κ1) is 32.0. The van der Waals surface area contributed by atoms with Gasteiger partial charge in [-0.25, -0.2) is 0 Å². The Hall–Kier alpha value is -7.66. The van der Waals surface area contributed by atoms with Gasteiger partial charge in [-0.05, 0) is 101 Å². The molecule has 0 aliphatic heterocycles. The van der Waals surface area contributed by atoms with Crippen LogP contribution in [0.1, 0.15) is 16.7 Å². The van der Waals surface area contributed by atoms with Crippen LogP contribution in [0.2, 0.25) is 0 Å². The molecule has 0 fully saturated rings. The Balaban J connectivity index is 1.29. The maximum atomic E-state index is 11.0. The highest BCUT2D eigenvalue weighted by molar-refractivity contribution is 6.12. The number of aryl methyl sites for hydroxylation is 1. The van der Waals surface area contributed by atoms with Gasteiger partial charge in [-0.15, -0.1) is 0 Å². The SMILES string of the molecule is Cc1cc(C#N)cc(-c2cc(-n3c4ccccc4c4cc(-c5ccccc5)ccc43)c(C#N)cc2-n2c3ccccc3c3cc(-c4ccccc4)ccc32)c1. The first-order valence-corrected chi connectivity index (χ1v) is 18.4. The molecule has 8 aromatic carbocycles. The van der Waals surface area contributed by atoms with Gasteiger partial charge in [0.05, 0.1) is 50.6 Å². The number of para-hydroxylation sites is 2. The molecule has 4 heteroatoms. The number of hydrogen-bond donors (Lipinski definition) is 0. The first-order valence-electron chi connectivity index (χ1n) is 18.4. The summed E-state index contributed by atoms with van der Waals surface area (Å²) in [5.41, 5.74) is 14.3. The molecule has 256 valence electrons. The van der Waals surface area contributed by atoms with Crippen molar-refractivity contribution in [1.82, 2.24) is 9.13 Å². The van der Waals surface area contributed by atoms with Crippen LogP contribution in [-0.2, 0) is 0 Å². The minimum absolute atomic E-state index is 0.550. The highest BCUT2D eigenvalue weighted by atomic mass is 15.0. The Morgan fingerprint density at radius 2 is 0.891 bits per heavy atom. The van der Waals surface area contributed by atoms with E-state index in [2.05, 4.69) is 167 Å².